The molecule has 6 heteroatoms. The molecule has 1 amide bonds. The molecule has 1 fully saturated rings. The number of ketones is 1. The first-order chi connectivity index (χ1) is 14.2. The number of benzene rings is 1. The summed E-state index contributed by atoms with van der Waals surface area (Å²) in [6.45, 7) is 0.642. The summed E-state index contributed by atoms with van der Waals surface area (Å²) in [5, 5.41) is 11.5. The quantitative estimate of drug-likeness (QED) is 0.499. The summed E-state index contributed by atoms with van der Waals surface area (Å²) in [5.74, 6) is 0.305. The van der Waals surface area contributed by atoms with Gasteiger partial charge in [-0.3, -0.25) is 14.7 Å². The van der Waals surface area contributed by atoms with E-state index in [1.54, 1.807) is 0 Å². The van der Waals surface area contributed by atoms with Crippen molar-refractivity contribution in [1.82, 2.24) is 20.1 Å². The number of nitrogens with zero attached hydrogens (tertiary/aromatic N) is 2. The van der Waals surface area contributed by atoms with E-state index in [4.69, 9.17) is 0 Å². The van der Waals surface area contributed by atoms with Gasteiger partial charge in [0.15, 0.2) is 5.78 Å². The van der Waals surface area contributed by atoms with E-state index >= 15 is 0 Å². The van der Waals surface area contributed by atoms with Crippen molar-refractivity contribution in [3.05, 3.63) is 53.0 Å². The van der Waals surface area contributed by atoms with Crippen LogP contribution in [0.2, 0.25) is 0 Å². The van der Waals surface area contributed by atoms with Crippen LogP contribution in [0.1, 0.15) is 59.4 Å². The summed E-state index contributed by atoms with van der Waals surface area (Å²) < 4.78 is 1.89. The minimum atomic E-state index is -0.0680. The third-order valence-corrected chi connectivity index (χ3v) is 6.16. The van der Waals surface area contributed by atoms with E-state index in [1.807, 2.05) is 35.0 Å². The molecule has 0 aliphatic heterocycles. The SMILES string of the molecule is O=C(Cn1cc(C(=O)C2CC2)c2ccccc21)NCc1n[nH]c2c1CCCCC2. The number of carbonyl (C=O) groups excluding carboxylic acids is 2. The van der Waals surface area contributed by atoms with E-state index in [-0.39, 0.29) is 24.2 Å². The molecule has 150 valence electrons. The smallest absolute Gasteiger partial charge is 0.240 e. The monoisotopic (exact) mass is 390 g/mol. The number of nitrogens with one attached hydrogen (secondary N) is 2. The standard InChI is InChI=1S/C23H26N4O2/c28-22(24-12-20-17-7-2-1-3-8-19(17)25-26-20)14-27-13-18(23(29)15-10-11-15)16-6-4-5-9-21(16)27/h4-6,9,13,15H,1-3,7-8,10-12,14H2,(H,24,28)(H,25,26). The Balaban J connectivity index is 1.31. The van der Waals surface area contributed by atoms with Gasteiger partial charge in [0.2, 0.25) is 5.91 Å². The van der Waals surface area contributed by atoms with Crippen molar-refractivity contribution < 1.29 is 9.59 Å². The second-order valence-electron chi connectivity index (χ2n) is 8.29. The van der Waals surface area contributed by atoms with Gasteiger partial charge < -0.3 is 9.88 Å². The van der Waals surface area contributed by atoms with Crippen LogP contribution in [0.25, 0.3) is 10.9 Å². The Morgan fingerprint density at radius 2 is 1.97 bits per heavy atom. The number of para-hydroxylation sites is 1. The first-order valence-corrected chi connectivity index (χ1v) is 10.6. The minimum absolute atomic E-state index is 0.0680. The lowest BCUT2D eigenvalue weighted by atomic mass is 10.1. The number of H-pyrrole nitrogens is 1. The third kappa shape index (κ3) is 3.59. The van der Waals surface area contributed by atoms with E-state index in [1.165, 1.54) is 30.5 Å². The Labute approximate surface area is 169 Å². The molecule has 2 heterocycles. The Morgan fingerprint density at radius 1 is 1.14 bits per heavy atom. The van der Waals surface area contributed by atoms with Gasteiger partial charge in [0.25, 0.3) is 0 Å². The van der Waals surface area contributed by atoms with Crippen LogP contribution < -0.4 is 5.32 Å². The van der Waals surface area contributed by atoms with Crippen LogP contribution in [0.3, 0.4) is 0 Å². The third-order valence-electron chi connectivity index (χ3n) is 6.16. The molecule has 0 bridgehead atoms. The van der Waals surface area contributed by atoms with E-state index in [0.717, 1.165) is 47.8 Å². The second kappa shape index (κ2) is 7.50. The average Bonchev–Trinajstić information content (AvgIpc) is 3.48. The second-order valence-corrected chi connectivity index (χ2v) is 8.29. The van der Waals surface area contributed by atoms with Gasteiger partial charge in [0.05, 0.1) is 12.2 Å². The zero-order valence-electron chi connectivity index (χ0n) is 16.5. The van der Waals surface area contributed by atoms with Crippen LogP contribution in [-0.4, -0.2) is 26.5 Å². The van der Waals surface area contributed by atoms with Crippen molar-refractivity contribution in [1.29, 1.82) is 0 Å². The van der Waals surface area contributed by atoms with Gasteiger partial charge in [-0.2, -0.15) is 5.10 Å². The number of hydrogen-bond acceptors (Lipinski definition) is 3. The Morgan fingerprint density at radius 3 is 2.83 bits per heavy atom. The lowest BCUT2D eigenvalue weighted by Gasteiger charge is -2.07. The van der Waals surface area contributed by atoms with Gasteiger partial charge in [-0.05, 0) is 50.2 Å². The number of aromatic nitrogens is 3. The van der Waals surface area contributed by atoms with Crippen molar-refractivity contribution in [3.8, 4) is 0 Å². The fraction of sp³-hybridized carbons (Fsp3) is 0.435. The number of rotatable bonds is 6. The van der Waals surface area contributed by atoms with Crippen LogP contribution in [0.15, 0.2) is 30.5 Å². The number of aromatic amines is 1. The molecule has 0 atom stereocenters. The summed E-state index contributed by atoms with van der Waals surface area (Å²) in [5.41, 5.74) is 5.14. The molecule has 2 aliphatic rings. The predicted molar refractivity (Wildman–Crippen MR) is 111 cm³/mol. The highest BCUT2D eigenvalue weighted by Crippen LogP contribution is 2.35. The molecule has 0 spiro atoms. The zero-order chi connectivity index (χ0) is 19.8. The van der Waals surface area contributed by atoms with Gasteiger partial charge in [0.1, 0.15) is 6.54 Å². The van der Waals surface area contributed by atoms with Gasteiger partial charge in [-0.15, -0.1) is 0 Å². The minimum Gasteiger partial charge on any atom is -0.349 e. The highest BCUT2D eigenvalue weighted by atomic mass is 16.2. The van der Waals surface area contributed by atoms with Crippen LogP contribution in [0.4, 0.5) is 0 Å². The highest BCUT2D eigenvalue weighted by Gasteiger charge is 2.32. The molecule has 0 saturated heterocycles. The van der Waals surface area contributed by atoms with Crippen molar-refractivity contribution in [2.24, 2.45) is 5.92 Å². The Bertz CT molecular complexity index is 1070. The average molecular weight is 390 g/mol. The molecule has 29 heavy (non-hydrogen) atoms. The van der Waals surface area contributed by atoms with Gasteiger partial charge >= 0.3 is 0 Å². The molecule has 1 saturated carbocycles. The first kappa shape index (κ1) is 18.2. The molecular weight excluding hydrogens is 364 g/mol. The molecule has 0 unspecified atom stereocenters. The number of Topliss-reactive ketones (excluding diaryl/α,β-unsaturated/α-hetero) is 1. The maximum absolute atomic E-state index is 12.7. The Hall–Kier alpha value is -2.89. The van der Waals surface area contributed by atoms with E-state index < -0.39 is 0 Å². The van der Waals surface area contributed by atoms with Crippen LogP contribution in [-0.2, 0) is 30.7 Å². The maximum atomic E-state index is 12.7. The largest absolute Gasteiger partial charge is 0.349 e. The van der Waals surface area contributed by atoms with Crippen LogP contribution in [0, 0.1) is 5.92 Å². The highest BCUT2D eigenvalue weighted by molar-refractivity contribution is 6.10. The molecule has 5 rings (SSSR count). The molecule has 3 aromatic rings. The van der Waals surface area contributed by atoms with Crippen molar-refractivity contribution >= 4 is 22.6 Å². The van der Waals surface area contributed by atoms with Crippen molar-refractivity contribution in [2.75, 3.05) is 0 Å². The molecule has 1 aromatic carbocycles. The zero-order valence-corrected chi connectivity index (χ0v) is 16.5. The lowest BCUT2D eigenvalue weighted by Crippen LogP contribution is -2.27. The molecular formula is C23H26N4O2. The maximum Gasteiger partial charge on any atom is 0.240 e. The number of amides is 1. The summed E-state index contributed by atoms with van der Waals surface area (Å²) in [7, 11) is 0. The number of hydrogen-bond donors (Lipinski definition) is 2. The topological polar surface area (TPSA) is 79.8 Å². The van der Waals surface area contributed by atoms with Gasteiger partial charge in [-0.1, -0.05) is 24.6 Å². The van der Waals surface area contributed by atoms with Crippen LogP contribution >= 0.6 is 0 Å². The molecule has 6 nitrogen and oxygen atoms in total. The van der Waals surface area contributed by atoms with Crippen molar-refractivity contribution in [3.63, 3.8) is 0 Å². The molecule has 2 N–H and O–H groups in total. The fourth-order valence-electron chi connectivity index (χ4n) is 4.40. The van der Waals surface area contributed by atoms with E-state index in [2.05, 4.69) is 15.5 Å². The molecule has 0 radical (unpaired) electrons. The number of fused-ring (bicyclic) bond motifs is 2. The van der Waals surface area contributed by atoms with Crippen LogP contribution in [0.5, 0.6) is 0 Å². The summed E-state index contributed by atoms with van der Waals surface area (Å²) >= 11 is 0. The first-order valence-electron chi connectivity index (χ1n) is 10.6. The molecule has 2 aliphatic carbocycles. The normalized spacial score (nSPS) is 16.4. The van der Waals surface area contributed by atoms with Gasteiger partial charge in [0, 0.05) is 34.3 Å². The fourth-order valence-corrected chi connectivity index (χ4v) is 4.40. The lowest BCUT2D eigenvalue weighted by molar-refractivity contribution is -0.121. The number of aryl methyl sites for hydroxylation is 1. The summed E-state index contributed by atoms with van der Waals surface area (Å²) in [4.78, 5) is 25.3. The summed E-state index contributed by atoms with van der Waals surface area (Å²) in [6, 6.07) is 7.83. The predicted octanol–water partition coefficient (Wildman–Crippen LogP) is 3.54. The van der Waals surface area contributed by atoms with E-state index in [9.17, 15) is 9.59 Å². The molecule has 2 aromatic heterocycles. The van der Waals surface area contributed by atoms with Crippen molar-refractivity contribution in [2.45, 2.75) is 58.0 Å². The Kier molecular flexibility index (Phi) is 4.70. The van der Waals surface area contributed by atoms with E-state index in [0.29, 0.717) is 6.54 Å². The number of carbonyl (C=O) groups is 2. The van der Waals surface area contributed by atoms with Gasteiger partial charge in [-0.25, -0.2) is 0 Å². The summed E-state index contributed by atoms with van der Waals surface area (Å²) in [6.07, 6.45) is 9.52.